The summed E-state index contributed by atoms with van der Waals surface area (Å²) in [6.45, 7) is 3.15. The molecule has 1 aliphatic heterocycles. The van der Waals surface area contributed by atoms with E-state index < -0.39 is 0 Å². The van der Waals surface area contributed by atoms with Gasteiger partial charge in [-0.25, -0.2) is 0 Å². The zero-order valence-electron chi connectivity index (χ0n) is 9.40. The average Bonchev–Trinajstić information content (AvgIpc) is 2.36. The van der Waals surface area contributed by atoms with Crippen LogP contribution in [0.15, 0.2) is 16.6 Å². The minimum Gasteiger partial charge on any atom is -0.383 e. The van der Waals surface area contributed by atoms with E-state index in [0.717, 1.165) is 29.8 Å². The third-order valence-electron chi connectivity index (χ3n) is 3.02. The van der Waals surface area contributed by atoms with E-state index in [1.54, 1.807) is 0 Å². The normalized spacial score (nSPS) is 20.3. The fraction of sp³-hybridized carbons (Fsp3) is 0.500. The first-order valence-electron chi connectivity index (χ1n) is 5.76. The van der Waals surface area contributed by atoms with E-state index in [1.165, 1.54) is 12.8 Å². The topological polar surface area (TPSA) is 24.1 Å². The molecular formula is C12H15BrCl2N2. The maximum Gasteiger partial charge on any atom is 0.0835 e. The van der Waals surface area contributed by atoms with Gasteiger partial charge >= 0.3 is 0 Å². The quantitative estimate of drug-likeness (QED) is 0.809. The van der Waals surface area contributed by atoms with Crippen LogP contribution in [-0.4, -0.2) is 19.6 Å². The summed E-state index contributed by atoms with van der Waals surface area (Å²) < 4.78 is 0.828. The van der Waals surface area contributed by atoms with Gasteiger partial charge in [0.25, 0.3) is 0 Å². The molecule has 1 fully saturated rings. The largest absolute Gasteiger partial charge is 0.383 e. The second-order valence-corrected chi connectivity index (χ2v) is 5.93. The molecule has 5 heteroatoms. The highest BCUT2D eigenvalue weighted by atomic mass is 79.9. The second kappa shape index (κ2) is 6.28. The van der Waals surface area contributed by atoms with Gasteiger partial charge < -0.3 is 10.6 Å². The van der Waals surface area contributed by atoms with Crippen LogP contribution < -0.4 is 10.6 Å². The van der Waals surface area contributed by atoms with Crippen LogP contribution in [0.3, 0.4) is 0 Å². The molecule has 2 N–H and O–H groups in total. The van der Waals surface area contributed by atoms with Gasteiger partial charge in [0, 0.05) is 11.0 Å². The number of benzene rings is 1. The molecule has 0 spiro atoms. The predicted octanol–water partition coefficient (Wildman–Crippen LogP) is 4.17. The fourth-order valence-electron chi connectivity index (χ4n) is 2.01. The van der Waals surface area contributed by atoms with Crippen molar-refractivity contribution in [2.24, 2.45) is 5.92 Å². The molecule has 2 nitrogen and oxygen atoms in total. The van der Waals surface area contributed by atoms with Crippen LogP contribution in [0.5, 0.6) is 0 Å². The summed E-state index contributed by atoms with van der Waals surface area (Å²) in [5, 5.41) is 7.93. The Morgan fingerprint density at radius 2 is 2.18 bits per heavy atom. The third-order valence-corrected chi connectivity index (χ3v) is 4.79. The molecule has 0 saturated carbocycles. The van der Waals surface area contributed by atoms with Gasteiger partial charge in [-0.15, -0.1) is 0 Å². The summed E-state index contributed by atoms with van der Waals surface area (Å²) in [4.78, 5) is 0. The first-order chi connectivity index (χ1) is 8.18. The van der Waals surface area contributed by atoms with Crippen LogP contribution >= 0.6 is 39.1 Å². The van der Waals surface area contributed by atoms with Gasteiger partial charge in [-0.3, -0.25) is 0 Å². The number of halogens is 3. The van der Waals surface area contributed by atoms with Crippen LogP contribution in [0.4, 0.5) is 5.69 Å². The smallest absolute Gasteiger partial charge is 0.0835 e. The number of rotatable bonds is 3. The van der Waals surface area contributed by atoms with E-state index >= 15 is 0 Å². The lowest BCUT2D eigenvalue weighted by molar-refractivity contribution is 0.393. The molecule has 1 aromatic carbocycles. The maximum absolute atomic E-state index is 6.18. The van der Waals surface area contributed by atoms with E-state index in [4.69, 9.17) is 23.2 Å². The van der Waals surface area contributed by atoms with Crippen LogP contribution in [0.25, 0.3) is 0 Å². The lowest BCUT2D eigenvalue weighted by atomic mass is 10.00. The number of nitrogens with one attached hydrogen (secondary N) is 2. The Morgan fingerprint density at radius 1 is 1.35 bits per heavy atom. The van der Waals surface area contributed by atoms with E-state index in [-0.39, 0.29) is 0 Å². The van der Waals surface area contributed by atoms with E-state index in [2.05, 4.69) is 26.6 Å². The van der Waals surface area contributed by atoms with Gasteiger partial charge in [0.15, 0.2) is 0 Å². The number of hydrogen-bond donors (Lipinski definition) is 2. The van der Waals surface area contributed by atoms with Crippen LogP contribution in [0.2, 0.25) is 10.0 Å². The van der Waals surface area contributed by atoms with Crippen molar-refractivity contribution in [1.29, 1.82) is 0 Å². The number of piperidine rings is 1. The van der Waals surface area contributed by atoms with Crippen molar-refractivity contribution in [1.82, 2.24) is 5.32 Å². The molecule has 0 aromatic heterocycles. The molecular weight excluding hydrogens is 323 g/mol. The van der Waals surface area contributed by atoms with Crippen LogP contribution in [-0.2, 0) is 0 Å². The van der Waals surface area contributed by atoms with Crippen LogP contribution in [0.1, 0.15) is 12.8 Å². The van der Waals surface area contributed by atoms with Gasteiger partial charge in [0.2, 0.25) is 0 Å². The molecule has 2 rings (SSSR count). The first kappa shape index (κ1) is 13.5. The summed E-state index contributed by atoms with van der Waals surface area (Å²) >= 11 is 15.6. The van der Waals surface area contributed by atoms with Crippen molar-refractivity contribution >= 4 is 44.8 Å². The lowest BCUT2D eigenvalue weighted by Gasteiger charge is -2.23. The second-order valence-electron chi connectivity index (χ2n) is 4.32. The first-order valence-corrected chi connectivity index (χ1v) is 7.31. The van der Waals surface area contributed by atoms with Crippen molar-refractivity contribution in [2.75, 3.05) is 25.0 Å². The molecule has 1 atom stereocenters. The Balaban J connectivity index is 1.96. The summed E-state index contributed by atoms with van der Waals surface area (Å²) in [5.74, 6) is 0.669. The van der Waals surface area contributed by atoms with E-state index in [9.17, 15) is 0 Å². The third kappa shape index (κ3) is 3.50. The Morgan fingerprint density at radius 3 is 2.88 bits per heavy atom. The van der Waals surface area contributed by atoms with Gasteiger partial charge in [-0.1, -0.05) is 23.2 Å². The summed E-state index contributed by atoms with van der Waals surface area (Å²) in [6, 6.07) is 3.87. The van der Waals surface area contributed by atoms with E-state index in [1.807, 2.05) is 12.1 Å². The Kier molecular flexibility index (Phi) is 4.97. The van der Waals surface area contributed by atoms with E-state index in [0.29, 0.717) is 16.0 Å². The minimum atomic E-state index is 0.568. The molecule has 0 aliphatic carbocycles. The van der Waals surface area contributed by atoms with Gasteiger partial charge in [0.05, 0.1) is 15.7 Å². The zero-order chi connectivity index (χ0) is 12.3. The Labute approximate surface area is 120 Å². The number of hydrogen-bond acceptors (Lipinski definition) is 2. The SMILES string of the molecule is Clc1c(Br)ccc(NCC2CCCNC2)c1Cl. The molecule has 0 amide bonds. The highest BCUT2D eigenvalue weighted by Gasteiger charge is 2.14. The lowest BCUT2D eigenvalue weighted by Crippen LogP contribution is -2.33. The predicted molar refractivity (Wildman–Crippen MR) is 78.2 cm³/mol. The minimum absolute atomic E-state index is 0.568. The molecule has 1 unspecified atom stereocenters. The molecule has 1 heterocycles. The molecule has 1 saturated heterocycles. The summed E-state index contributed by atoms with van der Waals surface area (Å²) in [6.07, 6.45) is 2.52. The van der Waals surface area contributed by atoms with Gasteiger partial charge in [0.1, 0.15) is 0 Å². The molecule has 1 aliphatic rings. The van der Waals surface area contributed by atoms with Crippen molar-refractivity contribution < 1.29 is 0 Å². The fourth-order valence-corrected chi connectivity index (χ4v) is 2.86. The van der Waals surface area contributed by atoms with Gasteiger partial charge in [-0.05, 0) is 59.9 Å². The molecule has 0 bridgehead atoms. The Hall–Kier alpha value is 0.0400. The highest BCUT2D eigenvalue weighted by molar-refractivity contribution is 9.10. The standard InChI is InChI=1S/C12H15BrCl2N2/c13-9-3-4-10(12(15)11(9)14)17-7-8-2-1-5-16-6-8/h3-4,8,16-17H,1-2,5-7H2. The summed E-state index contributed by atoms with van der Waals surface area (Å²) in [5.41, 5.74) is 0.908. The monoisotopic (exact) mass is 336 g/mol. The zero-order valence-corrected chi connectivity index (χ0v) is 12.5. The molecule has 94 valence electrons. The van der Waals surface area contributed by atoms with Crippen molar-refractivity contribution in [3.05, 3.63) is 26.7 Å². The number of anilines is 1. The van der Waals surface area contributed by atoms with Crippen molar-refractivity contribution in [3.63, 3.8) is 0 Å². The van der Waals surface area contributed by atoms with Crippen molar-refractivity contribution in [2.45, 2.75) is 12.8 Å². The summed E-state index contributed by atoms with van der Waals surface area (Å²) in [7, 11) is 0. The Bertz CT molecular complexity index is 392. The highest BCUT2D eigenvalue weighted by Crippen LogP contribution is 2.35. The average molecular weight is 338 g/mol. The van der Waals surface area contributed by atoms with Gasteiger partial charge in [-0.2, -0.15) is 0 Å². The van der Waals surface area contributed by atoms with Crippen LogP contribution in [0, 0.1) is 5.92 Å². The molecule has 0 radical (unpaired) electrons. The molecule has 1 aromatic rings. The van der Waals surface area contributed by atoms with Crippen molar-refractivity contribution in [3.8, 4) is 0 Å². The maximum atomic E-state index is 6.18. The molecule has 17 heavy (non-hydrogen) atoms.